The first-order valence-electron chi connectivity index (χ1n) is 11.3. The van der Waals surface area contributed by atoms with Crippen molar-refractivity contribution in [1.82, 2.24) is 19.9 Å². The van der Waals surface area contributed by atoms with E-state index in [1.807, 2.05) is 53.4 Å². The second-order valence-electron chi connectivity index (χ2n) is 8.26. The van der Waals surface area contributed by atoms with Crippen molar-refractivity contribution in [3.05, 3.63) is 114 Å². The highest BCUT2D eigenvalue weighted by Gasteiger charge is 2.31. The van der Waals surface area contributed by atoms with Crippen LogP contribution >= 0.6 is 0 Å². The quantitative estimate of drug-likeness (QED) is 0.428. The van der Waals surface area contributed by atoms with Gasteiger partial charge in [0.2, 0.25) is 5.95 Å². The Morgan fingerprint density at radius 2 is 1.82 bits per heavy atom. The number of pyridine rings is 1. The molecule has 1 aliphatic heterocycles. The first kappa shape index (κ1) is 21.7. The summed E-state index contributed by atoms with van der Waals surface area (Å²) in [5, 5.41) is 3.13. The maximum atomic E-state index is 14.1. The maximum Gasteiger partial charge on any atom is 0.254 e. The molecule has 7 heteroatoms. The minimum Gasteiger partial charge on any atom is -0.330 e. The first-order chi connectivity index (χ1) is 16.7. The largest absolute Gasteiger partial charge is 0.330 e. The molecule has 0 saturated carbocycles. The van der Waals surface area contributed by atoms with Crippen molar-refractivity contribution in [1.29, 1.82) is 0 Å². The van der Waals surface area contributed by atoms with Gasteiger partial charge in [-0.25, -0.2) is 14.4 Å². The van der Waals surface area contributed by atoms with Gasteiger partial charge >= 0.3 is 0 Å². The zero-order valence-corrected chi connectivity index (χ0v) is 18.6. The van der Waals surface area contributed by atoms with E-state index in [-0.39, 0.29) is 17.8 Å². The lowest BCUT2D eigenvalue weighted by molar-refractivity contribution is 0.0733. The van der Waals surface area contributed by atoms with Crippen LogP contribution in [0.4, 0.5) is 16.0 Å². The van der Waals surface area contributed by atoms with Gasteiger partial charge in [0, 0.05) is 42.3 Å². The topological polar surface area (TPSA) is 71.0 Å². The van der Waals surface area contributed by atoms with Crippen molar-refractivity contribution in [2.45, 2.75) is 25.3 Å². The summed E-state index contributed by atoms with van der Waals surface area (Å²) in [5.74, 6) is 0.199. The van der Waals surface area contributed by atoms with E-state index in [0.29, 0.717) is 30.0 Å². The fourth-order valence-electron chi connectivity index (χ4n) is 4.32. The Bertz CT molecular complexity index is 1300. The molecule has 1 aliphatic rings. The van der Waals surface area contributed by atoms with Gasteiger partial charge in [0.25, 0.3) is 5.91 Å². The number of halogens is 1. The summed E-state index contributed by atoms with van der Waals surface area (Å²) in [4.78, 5) is 28.5. The third-order valence-corrected chi connectivity index (χ3v) is 5.94. The molecule has 2 aromatic carbocycles. The van der Waals surface area contributed by atoms with E-state index in [1.54, 1.807) is 30.6 Å². The summed E-state index contributed by atoms with van der Waals surface area (Å²) in [6.07, 6.45) is 5.48. The van der Waals surface area contributed by atoms with Crippen molar-refractivity contribution < 1.29 is 9.18 Å². The van der Waals surface area contributed by atoms with Crippen LogP contribution < -0.4 is 5.32 Å². The highest BCUT2D eigenvalue weighted by Crippen LogP contribution is 2.33. The highest BCUT2D eigenvalue weighted by atomic mass is 19.1. The molecule has 0 bridgehead atoms. The van der Waals surface area contributed by atoms with Crippen LogP contribution in [0, 0.1) is 5.82 Å². The molecule has 1 saturated heterocycles. The van der Waals surface area contributed by atoms with E-state index in [2.05, 4.69) is 15.3 Å². The van der Waals surface area contributed by atoms with Crippen molar-refractivity contribution in [2.24, 2.45) is 0 Å². The Labute approximate surface area is 197 Å². The number of rotatable bonds is 6. The van der Waals surface area contributed by atoms with Gasteiger partial charge < -0.3 is 10.2 Å². The van der Waals surface area contributed by atoms with Crippen molar-refractivity contribution in [3.8, 4) is 0 Å². The predicted molar refractivity (Wildman–Crippen MR) is 128 cm³/mol. The molecule has 1 amide bonds. The SMILES string of the molecule is O=C(c1cccc(Nc2ncccn2)c1)N1CCC[C@H]1c1cccc(Cc2ccccc2F)n1. The van der Waals surface area contributed by atoms with Gasteiger partial charge in [-0.15, -0.1) is 0 Å². The summed E-state index contributed by atoms with van der Waals surface area (Å²) >= 11 is 0. The maximum absolute atomic E-state index is 14.1. The number of hydrogen-bond acceptors (Lipinski definition) is 5. The average molecular weight is 454 g/mol. The van der Waals surface area contributed by atoms with Crippen LogP contribution in [0.1, 0.15) is 46.2 Å². The normalized spacial score (nSPS) is 15.3. The molecule has 0 unspecified atom stereocenters. The molecular formula is C27H24FN5O. The number of carbonyl (C=O) groups is 1. The first-order valence-corrected chi connectivity index (χ1v) is 11.3. The third-order valence-electron chi connectivity index (χ3n) is 5.94. The lowest BCUT2D eigenvalue weighted by Gasteiger charge is -2.25. The average Bonchev–Trinajstić information content (AvgIpc) is 3.36. The van der Waals surface area contributed by atoms with Gasteiger partial charge in [0.1, 0.15) is 5.82 Å². The predicted octanol–water partition coefficient (Wildman–Crippen LogP) is 5.32. The minimum absolute atomic E-state index is 0.0403. The van der Waals surface area contributed by atoms with Gasteiger partial charge in [-0.1, -0.05) is 30.3 Å². The van der Waals surface area contributed by atoms with Gasteiger partial charge in [-0.3, -0.25) is 9.78 Å². The second kappa shape index (κ2) is 9.79. The lowest BCUT2D eigenvalue weighted by Crippen LogP contribution is -2.31. The number of benzene rings is 2. The summed E-state index contributed by atoms with van der Waals surface area (Å²) in [6, 6.07) is 21.5. The number of hydrogen-bond donors (Lipinski definition) is 1. The van der Waals surface area contributed by atoms with Crippen molar-refractivity contribution in [2.75, 3.05) is 11.9 Å². The molecule has 5 rings (SSSR count). The van der Waals surface area contributed by atoms with Crippen LogP contribution in [0.25, 0.3) is 0 Å². The molecule has 1 N–H and O–H groups in total. The van der Waals surface area contributed by atoms with Crippen molar-refractivity contribution >= 4 is 17.5 Å². The molecule has 34 heavy (non-hydrogen) atoms. The van der Waals surface area contributed by atoms with Crippen molar-refractivity contribution in [3.63, 3.8) is 0 Å². The van der Waals surface area contributed by atoms with Gasteiger partial charge in [-0.2, -0.15) is 0 Å². The summed E-state index contributed by atoms with van der Waals surface area (Å²) in [6.45, 7) is 0.669. The molecular weight excluding hydrogens is 429 g/mol. The molecule has 0 radical (unpaired) electrons. The molecule has 4 aromatic rings. The summed E-state index contributed by atoms with van der Waals surface area (Å²) in [7, 11) is 0. The number of anilines is 2. The molecule has 1 fully saturated rings. The lowest BCUT2D eigenvalue weighted by atomic mass is 10.1. The molecule has 3 heterocycles. The minimum atomic E-state index is -0.234. The molecule has 2 aromatic heterocycles. The smallest absolute Gasteiger partial charge is 0.254 e. The molecule has 1 atom stereocenters. The zero-order chi connectivity index (χ0) is 23.3. The van der Waals surface area contributed by atoms with E-state index in [1.165, 1.54) is 6.07 Å². The standard InChI is InChI=1S/C27H24FN5O/c28-23-11-2-1-7-19(23)17-21-10-4-12-24(31-21)25-13-5-16-33(25)26(34)20-8-3-9-22(18-20)32-27-29-14-6-15-30-27/h1-4,6-12,14-15,18,25H,5,13,16-17H2,(H,29,30,32)/t25-/m0/s1. The number of nitrogens with zero attached hydrogens (tertiary/aromatic N) is 4. The Kier molecular flexibility index (Phi) is 6.25. The number of amides is 1. The zero-order valence-electron chi connectivity index (χ0n) is 18.6. The van der Waals surface area contributed by atoms with Crippen LogP contribution in [0.2, 0.25) is 0 Å². The van der Waals surface area contributed by atoms with E-state index >= 15 is 0 Å². The molecule has 0 aliphatic carbocycles. The number of aromatic nitrogens is 3. The third kappa shape index (κ3) is 4.78. The second-order valence-corrected chi connectivity index (χ2v) is 8.26. The van der Waals surface area contributed by atoms with Gasteiger partial charge in [-0.05, 0) is 60.9 Å². The van der Waals surface area contributed by atoms with Crippen LogP contribution in [-0.4, -0.2) is 32.3 Å². The summed E-state index contributed by atoms with van der Waals surface area (Å²) in [5.41, 5.74) is 3.58. The van der Waals surface area contributed by atoms with Crippen LogP contribution in [0.5, 0.6) is 0 Å². The van der Waals surface area contributed by atoms with E-state index < -0.39 is 0 Å². The number of likely N-dealkylation sites (tertiary alicyclic amines) is 1. The van der Waals surface area contributed by atoms with E-state index in [9.17, 15) is 9.18 Å². The van der Waals surface area contributed by atoms with E-state index in [0.717, 1.165) is 29.9 Å². The van der Waals surface area contributed by atoms with E-state index in [4.69, 9.17) is 4.98 Å². The monoisotopic (exact) mass is 453 g/mol. The number of carbonyl (C=O) groups excluding carboxylic acids is 1. The van der Waals surface area contributed by atoms with Crippen LogP contribution in [0.15, 0.2) is 85.2 Å². The Hall–Kier alpha value is -4.13. The molecule has 0 spiro atoms. The Balaban J connectivity index is 1.35. The highest BCUT2D eigenvalue weighted by molar-refractivity contribution is 5.95. The molecule has 6 nitrogen and oxygen atoms in total. The van der Waals surface area contributed by atoms with Gasteiger partial charge in [0.05, 0.1) is 11.7 Å². The Morgan fingerprint density at radius 1 is 1.00 bits per heavy atom. The fourth-order valence-corrected chi connectivity index (χ4v) is 4.32. The number of nitrogens with one attached hydrogen (secondary N) is 1. The fraction of sp³-hybridized carbons (Fsp3) is 0.185. The summed E-state index contributed by atoms with van der Waals surface area (Å²) < 4.78 is 14.1. The Morgan fingerprint density at radius 3 is 2.68 bits per heavy atom. The molecule has 170 valence electrons. The van der Waals surface area contributed by atoms with Gasteiger partial charge in [0.15, 0.2) is 0 Å². The van der Waals surface area contributed by atoms with Crippen LogP contribution in [-0.2, 0) is 6.42 Å². The van der Waals surface area contributed by atoms with Crippen LogP contribution in [0.3, 0.4) is 0 Å².